The Morgan fingerprint density at radius 1 is 1.33 bits per heavy atom. The van der Waals surface area contributed by atoms with E-state index in [1.165, 1.54) is 7.11 Å². The van der Waals surface area contributed by atoms with Crippen molar-refractivity contribution < 1.29 is 23.8 Å². The van der Waals surface area contributed by atoms with Gasteiger partial charge in [-0.3, -0.25) is 9.69 Å². The molecular formula is C15H19NO5. The number of methoxy groups -OCH3 is 1. The van der Waals surface area contributed by atoms with Crippen LogP contribution in [0, 0.1) is 0 Å². The van der Waals surface area contributed by atoms with Crippen molar-refractivity contribution >= 4 is 11.9 Å². The molecule has 0 aliphatic carbocycles. The molecule has 0 aromatic heterocycles. The molecule has 0 bridgehead atoms. The molecule has 1 aromatic carbocycles. The first kappa shape index (κ1) is 15.5. The summed E-state index contributed by atoms with van der Waals surface area (Å²) >= 11 is 0. The van der Waals surface area contributed by atoms with E-state index in [0.717, 1.165) is 5.56 Å². The zero-order valence-corrected chi connectivity index (χ0v) is 12.0. The van der Waals surface area contributed by atoms with Crippen LogP contribution in [-0.4, -0.2) is 49.9 Å². The molecule has 1 saturated heterocycles. The second-order valence-corrected chi connectivity index (χ2v) is 4.68. The summed E-state index contributed by atoms with van der Waals surface area (Å²) in [6.45, 7) is 1.68. The summed E-state index contributed by atoms with van der Waals surface area (Å²) in [4.78, 5) is 25.0. The molecule has 114 valence electrons. The van der Waals surface area contributed by atoms with E-state index in [1.54, 1.807) is 4.90 Å². The smallest absolute Gasteiger partial charge is 0.351 e. The van der Waals surface area contributed by atoms with E-state index in [-0.39, 0.29) is 19.0 Å². The Morgan fingerprint density at radius 3 is 2.81 bits per heavy atom. The van der Waals surface area contributed by atoms with E-state index in [9.17, 15) is 9.59 Å². The highest BCUT2D eigenvalue weighted by molar-refractivity contribution is 5.75. The van der Waals surface area contributed by atoms with Crippen molar-refractivity contribution in [1.82, 2.24) is 4.90 Å². The maximum atomic E-state index is 12.0. The van der Waals surface area contributed by atoms with Crippen LogP contribution < -0.4 is 0 Å². The summed E-state index contributed by atoms with van der Waals surface area (Å²) < 4.78 is 15.2. The minimum Gasteiger partial charge on any atom is -0.469 e. The van der Waals surface area contributed by atoms with Gasteiger partial charge >= 0.3 is 11.9 Å². The average molecular weight is 293 g/mol. The number of carbonyl (C=O) groups excluding carboxylic acids is 2. The summed E-state index contributed by atoms with van der Waals surface area (Å²) in [5, 5.41) is 0. The Kier molecular flexibility index (Phi) is 5.71. The van der Waals surface area contributed by atoms with Crippen LogP contribution in [0.2, 0.25) is 0 Å². The molecule has 1 atom stereocenters. The molecule has 2 rings (SSSR count). The van der Waals surface area contributed by atoms with E-state index in [1.807, 2.05) is 30.3 Å². The Labute approximate surface area is 123 Å². The quantitative estimate of drug-likeness (QED) is 0.728. The van der Waals surface area contributed by atoms with Gasteiger partial charge in [0.05, 0.1) is 20.1 Å². The molecule has 1 aliphatic rings. The van der Waals surface area contributed by atoms with Crippen LogP contribution in [0.3, 0.4) is 0 Å². The van der Waals surface area contributed by atoms with E-state index in [0.29, 0.717) is 19.7 Å². The second-order valence-electron chi connectivity index (χ2n) is 4.68. The van der Waals surface area contributed by atoms with Gasteiger partial charge in [0.1, 0.15) is 6.61 Å². The first-order valence-corrected chi connectivity index (χ1v) is 6.83. The molecule has 0 amide bonds. The SMILES string of the molecule is COC(=O)CCN1CCOC1C(=O)OCc1ccccc1. The number of carbonyl (C=O) groups is 2. The fourth-order valence-electron chi connectivity index (χ4n) is 2.09. The molecule has 1 aromatic rings. The maximum absolute atomic E-state index is 12.0. The Morgan fingerprint density at radius 2 is 2.10 bits per heavy atom. The summed E-state index contributed by atoms with van der Waals surface area (Å²) in [7, 11) is 1.34. The van der Waals surface area contributed by atoms with Gasteiger partial charge in [-0.2, -0.15) is 0 Å². The van der Waals surface area contributed by atoms with Gasteiger partial charge in [0, 0.05) is 13.1 Å². The highest BCUT2D eigenvalue weighted by Gasteiger charge is 2.33. The topological polar surface area (TPSA) is 65.1 Å². The van der Waals surface area contributed by atoms with Gasteiger partial charge in [-0.15, -0.1) is 0 Å². The number of hydrogen-bond acceptors (Lipinski definition) is 6. The van der Waals surface area contributed by atoms with Crippen LogP contribution >= 0.6 is 0 Å². The minimum atomic E-state index is -0.738. The second kappa shape index (κ2) is 7.75. The number of esters is 2. The third kappa shape index (κ3) is 4.54. The molecule has 21 heavy (non-hydrogen) atoms. The molecule has 1 unspecified atom stereocenters. The van der Waals surface area contributed by atoms with Crippen LogP contribution in [0.1, 0.15) is 12.0 Å². The standard InChI is InChI=1S/C15H19NO5/c1-19-13(17)7-8-16-9-10-20-14(16)15(18)21-11-12-5-3-2-4-6-12/h2-6,14H,7-11H2,1H3. The molecule has 6 nitrogen and oxygen atoms in total. The largest absolute Gasteiger partial charge is 0.469 e. The Bertz CT molecular complexity index is 476. The molecule has 0 spiro atoms. The van der Waals surface area contributed by atoms with Crippen molar-refractivity contribution in [2.24, 2.45) is 0 Å². The maximum Gasteiger partial charge on any atom is 0.351 e. The summed E-state index contributed by atoms with van der Waals surface area (Å²) in [6, 6.07) is 9.45. The van der Waals surface area contributed by atoms with Crippen molar-refractivity contribution in [1.29, 1.82) is 0 Å². The molecule has 1 heterocycles. The van der Waals surface area contributed by atoms with Crippen molar-refractivity contribution in [3.05, 3.63) is 35.9 Å². The van der Waals surface area contributed by atoms with Crippen molar-refractivity contribution in [2.75, 3.05) is 26.8 Å². The lowest BCUT2D eigenvalue weighted by Gasteiger charge is -2.20. The van der Waals surface area contributed by atoms with Gasteiger partial charge < -0.3 is 14.2 Å². The minimum absolute atomic E-state index is 0.213. The summed E-state index contributed by atoms with van der Waals surface area (Å²) in [5.41, 5.74) is 0.921. The third-order valence-electron chi connectivity index (χ3n) is 3.24. The summed E-state index contributed by atoms with van der Waals surface area (Å²) in [6.07, 6.45) is -0.513. The number of ether oxygens (including phenoxy) is 3. The van der Waals surface area contributed by atoms with Gasteiger partial charge in [-0.05, 0) is 5.56 Å². The highest BCUT2D eigenvalue weighted by atomic mass is 16.6. The molecule has 6 heteroatoms. The lowest BCUT2D eigenvalue weighted by molar-refractivity contribution is -0.163. The lowest BCUT2D eigenvalue weighted by atomic mass is 10.2. The monoisotopic (exact) mass is 293 g/mol. The van der Waals surface area contributed by atoms with E-state index < -0.39 is 12.2 Å². The van der Waals surface area contributed by atoms with Gasteiger partial charge in [0.15, 0.2) is 0 Å². The van der Waals surface area contributed by atoms with Gasteiger partial charge in [-0.1, -0.05) is 30.3 Å². The number of nitrogens with zero attached hydrogens (tertiary/aromatic N) is 1. The predicted octanol–water partition coefficient (Wildman–Crippen LogP) is 0.951. The van der Waals surface area contributed by atoms with Crippen molar-refractivity contribution in [3.63, 3.8) is 0 Å². The molecule has 0 radical (unpaired) electrons. The summed E-state index contributed by atoms with van der Waals surface area (Å²) in [5.74, 6) is -0.737. The molecule has 0 N–H and O–H groups in total. The Hall–Kier alpha value is -1.92. The fraction of sp³-hybridized carbons (Fsp3) is 0.467. The molecular weight excluding hydrogens is 274 g/mol. The zero-order valence-electron chi connectivity index (χ0n) is 12.0. The fourth-order valence-corrected chi connectivity index (χ4v) is 2.09. The van der Waals surface area contributed by atoms with E-state index >= 15 is 0 Å². The zero-order chi connectivity index (χ0) is 15.1. The van der Waals surface area contributed by atoms with Crippen LogP contribution in [0.4, 0.5) is 0 Å². The number of benzene rings is 1. The van der Waals surface area contributed by atoms with Crippen molar-refractivity contribution in [3.8, 4) is 0 Å². The van der Waals surface area contributed by atoms with Gasteiger partial charge in [0.25, 0.3) is 0 Å². The predicted molar refractivity (Wildman–Crippen MR) is 74.2 cm³/mol. The van der Waals surface area contributed by atoms with Crippen molar-refractivity contribution in [2.45, 2.75) is 19.3 Å². The number of rotatable bonds is 6. The van der Waals surface area contributed by atoms with Gasteiger partial charge in [-0.25, -0.2) is 4.79 Å². The van der Waals surface area contributed by atoms with E-state index in [4.69, 9.17) is 9.47 Å². The van der Waals surface area contributed by atoms with Crippen LogP contribution in [0.5, 0.6) is 0 Å². The first-order valence-electron chi connectivity index (χ1n) is 6.83. The van der Waals surface area contributed by atoms with E-state index in [2.05, 4.69) is 4.74 Å². The Balaban J connectivity index is 1.81. The molecule has 1 aliphatic heterocycles. The highest BCUT2D eigenvalue weighted by Crippen LogP contribution is 2.13. The molecule has 0 saturated carbocycles. The van der Waals surface area contributed by atoms with Crippen LogP contribution in [0.25, 0.3) is 0 Å². The average Bonchev–Trinajstić information content (AvgIpc) is 2.99. The third-order valence-corrected chi connectivity index (χ3v) is 3.24. The lowest BCUT2D eigenvalue weighted by Crippen LogP contribution is -2.39. The number of hydrogen-bond donors (Lipinski definition) is 0. The van der Waals surface area contributed by atoms with Crippen LogP contribution in [0.15, 0.2) is 30.3 Å². The first-order chi connectivity index (χ1) is 10.2. The van der Waals surface area contributed by atoms with Crippen LogP contribution in [-0.2, 0) is 30.4 Å². The molecule has 1 fully saturated rings. The normalized spacial score (nSPS) is 18.4. The van der Waals surface area contributed by atoms with Gasteiger partial charge in [0.2, 0.25) is 6.23 Å².